The second-order valence-corrected chi connectivity index (χ2v) is 14.4. The number of para-hydroxylation sites is 3. The normalized spacial score (nSPS) is 11.4. The topological polar surface area (TPSA) is 101 Å². The van der Waals surface area contributed by atoms with Gasteiger partial charge in [-0.05, 0) is 71.1 Å². The number of nitrogens with one attached hydrogen (secondary N) is 4. The summed E-state index contributed by atoms with van der Waals surface area (Å²) in [7, 11) is 0. The van der Waals surface area contributed by atoms with Gasteiger partial charge in [-0.2, -0.15) is 0 Å². The lowest BCUT2D eigenvalue weighted by atomic mass is 10.0. The maximum atomic E-state index is 11.8. The fourth-order valence-corrected chi connectivity index (χ4v) is 6.60. The quantitative estimate of drug-likeness (QED) is 0.0128. The predicted octanol–water partition coefficient (Wildman–Crippen LogP) is 10.00. The largest absolute Gasteiger partial charge is 0.507 e. The van der Waals surface area contributed by atoms with Crippen molar-refractivity contribution in [1.29, 1.82) is 0 Å². The molecular formula is C50H59N7O. The summed E-state index contributed by atoms with van der Waals surface area (Å²) in [5.74, 6) is 0.318. The summed E-state index contributed by atoms with van der Waals surface area (Å²) in [5, 5.41) is 19.0. The van der Waals surface area contributed by atoms with Crippen molar-refractivity contribution < 1.29 is 5.11 Å². The summed E-state index contributed by atoms with van der Waals surface area (Å²) >= 11 is 0. The highest BCUT2D eigenvalue weighted by Crippen LogP contribution is 2.29. The summed E-state index contributed by atoms with van der Waals surface area (Å²) < 4.78 is 0. The van der Waals surface area contributed by atoms with Gasteiger partial charge in [-0.1, -0.05) is 148 Å². The van der Waals surface area contributed by atoms with Gasteiger partial charge in [-0.25, -0.2) is 5.43 Å². The van der Waals surface area contributed by atoms with Gasteiger partial charge >= 0.3 is 0 Å². The van der Waals surface area contributed by atoms with Crippen molar-refractivity contribution in [3.63, 3.8) is 0 Å². The number of hydrogen-bond donors (Lipinski definition) is 6. The smallest absolute Gasteiger partial charge is 0.124 e. The standard InChI is InChI=1S/C50H59N7O/c1-6-40-20-24-42(25-21-40)31-52-48-18-11-12-19-49(48)53-37-57(33-38(4)15-13-14-28-54-55-32-43-26-22-41(7-2)23-27-43)36-46-30-39(5)29-45(50(46)58)35-56(8-3)34-44-16-9-10-17-47(44)51/h6-7,9-30,52-55,58H,1-2,4,8,31-37,51H2,3,5H3/b15-13-,28-14-. The SMILES string of the molecule is C=Cc1ccc(CNN/C=C\C=C/C(=C)CN(CNc2ccccc2NCc2ccc(C=C)cc2)Cc2cc(C)cc(CN(CC)Cc3ccccc3N)c2O)cc1. The van der Waals surface area contributed by atoms with Crippen LogP contribution in [0.3, 0.4) is 0 Å². The summed E-state index contributed by atoms with van der Waals surface area (Å²) in [4.78, 5) is 4.56. The average Bonchev–Trinajstić information content (AvgIpc) is 3.24. The summed E-state index contributed by atoms with van der Waals surface area (Å²) in [5.41, 5.74) is 24.8. The molecule has 0 radical (unpaired) electrons. The molecule has 0 saturated carbocycles. The average molecular weight is 774 g/mol. The van der Waals surface area contributed by atoms with E-state index in [2.05, 4.69) is 144 Å². The van der Waals surface area contributed by atoms with Crippen molar-refractivity contribution in [2.24, 2.45) is 0 Å². The number of hydrazine groups is 1. The Morgan fingerprint density at radius 3 is 1.90 bits per heavy atom. The molecule has 0 bridgehead atoms. The van der Waals surface area contributed by atoms with E-state index < -0.39 is 0 Å². The minimum Gasteiger partial charge on any atom is -0.507 e. The Hall–Kier alpha value is -6.32. The molecule has 0 saturated heterocycles. The number of nitrogen functional groups attached to an aromatic ring is 1. The van der Waals surface area contributed by atoms with E-state index in [1.807, 2.05) is 66.9 Å². The van der Waals surface area contributed by atoms with Crippen LogP contribution >= 0.6 is 0 Å². The van der Waals surface area contributed by atoms with Gasteiger partial charge in [0.2, 0.25) is 0 Å². The molecule has 5 aromatic rings. The predicted molar refractivity (Wildman–Crippen MR) is 247 cm³/mol. The lowest BCUT2D eigenvalue weighted by molar-refractivity contribution is 0.265. The lowest BCUT2D eigenvalue weighted by Gasteiger charge is -2.27. The molecule has 0 fully saturated rings. The number of aryl methyl sites for hydroxylation is 1. The van der Waals surface area contributed by atoms with E-state index in [4.69, 9.17) is 5.73 Å². The Bertz CT molecular complexity index is 2150. The molecule has 5 aromatic carbocycles. The van der Waals surface area contributed by atoms with Crippen molar-refractivity contribution >= 4 is 29.2 Å². The number of benzene rings is 5. The van der Waals surface area contributed by atoms with Crippen LogP contribution in [0, 0.1) is 6.92 Å². The molecule has 5 rings (SSSR count). The number of phenolic OH excluding ortho intramolecular Hbond substituents is 1. The van der Waals surface area contributed by atoms with E-state index in [-0.39, 0.29) is 0 Å². The van der Waals surface area contributed by atoms with Crippen LogP contribution in [-0.2, 0) is 32.7 Å². The highest BCUT2D eigenvalue weighted by atomic mass is 16.3. The van der Waals surface area contributed by atoms with Crippen LogP contribution in [0.4, 0.5) is 17.1 Å². The Balaban J connectivity index is 1.27. The number of phenols is 1. The van der Waals surface area contributed by atoms with E-state index in [0.717, 1.165) is 62.6 Å². The van der Waals surface area contributed by atoms with Gasteiger partial charge in [-0.3, -0.25) is 9.80 Å². The van der Waals surface area contributed by atoms with Gasteiger partial charge < -0.3 is 26.9 Å². The summed E-state index contributed by atoms with van der Waals surface area (Å²) in [6.45, 7) is 21.4. The molecule has 0 amide bonds. The fourth-order valence-electron chi connectivity index (χ4n) is 6.60. The molecule has 0 aliphatic carbocycles. The van der Waals surface area contributed by atoms with Gasteiger partial charge in [0.15, 0.2) is 0 Å². The first-order chi connectivity index (χ1) is 28.2. The second kappa shape index (κ2) is 22.4. The highest BCUT2D eigenvalue weighted by molar-refractivity contribution is 5.68. The van der Waals surface area contributed by atoms with Crippen LogP contribution in [0.15, 0.2) is 159 Å². The van der Waals surface area contributed by atoms with Crippen molar-refractivity contribution in [3.8, 4) is 5.75 Å². The molecule has 0 aliphatic heterocycles. The van der Waals surface area contributed by atoms with E-state index in [9.17, 15) is 5.11 Å². The van der Waals surface area contributed by atoms with E-state index in [0.29, 0.717) is 51.7 Å². The number of allylic oxidation sites excluding steroid dienone is 2. The van der Waals surface area contributed by atoms with Gasteiger partial charge in [0, 0.05) is 62.3 Å². The minimum absolute atomic E-state index is 0.318. The third-order valence-corrected chi connectivity index (χ3v) is 9.87. The molecule has 8 heteroatoms. The van der Waals surface area contributed by atoms with Gasteiger partial charge in [0.05, 0.1) is 18.0 Å². The van der Waals surface area contributed by atoms with Crippen molar-refractivity contribution in [1.82, 2.24) is 20.7 Å². The molecule has 0 atom stereocenters. The number of nitrogens with two attached hydrogens (primary N) is 1. The van der Waals surface area contributed by atoms with E-state index >= 15 is 0 Å². The third kappa shape index (κ3) is 13.4. The molecule has 0 heterocycles. The molecule has 8 nitrogen and oxygen atoms in total. The fraction of sp³-hybridized carbons (Fsp3) is 0.200. The number of aromatic hydroxyl groups is 1. The Morgan fingerprint density at radius 1 is 0.707 bits per heavy atom. The Labute approximate surface area is 345 Å². The van der Waals surface area contributed by atoms with Crippen molar-refractivity contribution in [3.05, 3.63) is 203 Å². The number of rotatable bonds is 23. The molecule has 7 N–H and O–H groups in total. The van der Waals surface area contributed by atoms with Gasteiger partial charge in [-0.15, -0.1) is 0 Å². The Morgan fingerprint density at radius 2 is 1.28 bits per heavy atom. The molecular weight excluding hydrogens is 715 g/mol. The summed E-state index contributed by atoms with van der Waals surface area (Å²) in [6.07, 6.45) is 11.5. The Kier molecular flexibility index (Phi) is 16.6. The summed E-state index contributed by atoms with van der Waals surface area (Å²) in [6, 6.07) is 37.0. The first-order valence-electron chi connectivity index (χ1n) is 19.8. The first kappa shape index (κ1) is 42.8. The number of anilines is 3. The van der Waals surface area contributed by atoms with Crippen LogP contribution in [0.2, 0.25) is 0 Å². The van der Waals surface area contributed by atoms with E-state index in [1.54, 1.807) is 0 Å². The molecule has 0 unspecified atom stereocenters. The zero-order chi connectivity index (χ0) is 41.1. The number of nitrogens with zero attached hydrogens (tertiary/aromatic N) is 2. The molecule has 0 spiro atoms. The monoisotopic (exact) mass is 773 g/mol. The third-order valence-electron chi connectivity index (χ3n) is 9.87. The van der Waals surface area contributed by atoms with Crippen LogP contribution in [0.25, 0.3) is 12.2 Å². The highest BCUT2D eigenvalue weighted by Gasteiger charge is 2.17. The maximum absolute atomic E-state index is 11.8. The molecule has 58 heavy (non-hydrogen) atoms. The molecule has 300 valence electrons. The first-order valence-corrected chi connectivity index (χ1v) is 19.8. The van der Waals surface area contributed by atoms with Crippen LogP contribution in [0.1, 0.15) is 51.4 Å². The van der Waals surface area contributed by atoms with E-state index in [1.165, 1.54) is 11.1 Å². The molecule has 0 aliphatic rings. The van der Waals surface area contributed by atoms with Gasteiger partial charge in [0.25, 0.3) is 0 Å². The van der Waals surface area contributed by atoms with Gasteiger partial charge in [0.1, 0.15) is 5.75 Å². The lowest BCUT2D eigenvalue weighted by Crippen LogP contribution is -2.31. The second-order valence-electron chi connectivity index (χ2n) is 14.4. The maximum Gasteiger partial charge on any atom is 0.124 e. The van der Waals surface area contributed by atoms with Crippen LogP contribution in [0.5, 0.6) is 5.75 Å². The van der Waals surface area contributed by atoms with Crippen molar-refractivity contribution in [2.75, 3.05) is 36.1 Å². The minimum atomic E-state index is 0.318. The van der Waals surface area contributed by atoms with Crippen LogP contribution < -0.4 is 27.2 Å². The zero-order valence-corrected chi connectivity index (χ0v) is 34.1. The number of hydrogen-bond acceptors (Lipinski definition) is 8. The van der Waals surface area contributed by atoms with Crippen molar-refractivity contribution in [2.45, 2.75) is 46.6 Å². The zero-order valence-electron chi connectivity index (χ0n) is 34.1. The van der Waals surface area contributed by atoms with Crippen LogP contribution in [-0.4, -0.2) is 34.7 Å². The molecule has 0 aromatic heterocycles.